The Hall–Kier alpha value is -3.31. The first-order chi connectivity index (χ1) is 13.8. The van der Waals surface area contributed by atoms with E-state index in [0.29, 0.717) is 5.22 Å². The number of thioether (sulfide) groups is 1. The Kier molecular flexibility index (Phi) is 5.54. The van der Waals surface area contributed by atoms with Gasteiger partial charge >= 0.3 is 0 Å². The molecule has 0 spiro atoms. The fourth-order valence-electron chi connectivity index (χ4n) is 2.67. The third kappa shape index (κ3) is 4.69. The van der Waals surface area contributed by atoms with Gasteiger partial charge in [-0.15, -0.1) is 0 Å². The highest BCUT2D eigenvalue weighted by Crippen LogP contribution is 2.23. The van der Waals surface area contributed by atoms with Gasteiger partial charge in [-0.1, -0.05) is 78.5 Å². The molecular formula is C23H18N2O2S. The fraction of sp³-hybridized carbons (Fsp3) is 0.0435. The van der Waals surface area contributed by atoms with Crippen molar-refractivity contribution in [3.63, 3.8) is 0 Å². The summed E-state index contributed by atoms with van der Waals surface area (Å²) in [7, 11) is 0. The van der Waals surface area contributed by atoms with E-state index in [4.69, 9.17) is 4.42 Å². The number of hydrogen-bond donors (Lipinski definition) is 1. The lowest BCUT2D eigenvalue weighted by atomic mass is 10.1. The maximum Gasteiger partial charge on any atom is 0.257 e. The molecule has 4 nitrogen and oxygen atoms in total. The van der Waals surface area contributed by atoms with Gasteiger partial charge in [-0.05, 0) is 35.4 Å². The summed E-state index contributed by atoms with van der Waals surface area (Å²) in [5, 5.41) is 3.39. The zero-order chi connectivity index (χ0) is 19.2. The number of fused-ring (bicyclic) bond motifs is 1. The molecule has 1 amide bonds. The number of nitrogens with one attached hydrogen (secondary N) is 1. The Morgan fingerprint density at radius 3 is 2.32 bits per heavy atom. The number of carbonyl (C=O) groups is 1. The average Bonchev–Trinajstić information content (AvgIpc) is 3.16. The summed E-state index contributed by atoms with van der Waals surface area (Å²) in [6.07, 6.45) is 4.11. The molecule has 4 rings (SSSR count). The Morgan fingerprint density at radius 2 is 1.57 bits per heavy atom. The molecule has 0 aliphatic carbocycles. The molecule has 0 saturated heterocycles. The number of hydrogen-bond acceptors (Lipinski definition) is 4. The van der Waals surface area contributed by atoms with E-state index in [1.54, 1.807) is 0 Å². The molecule has 0 saturated carbocycles. The van der Waals surface area contributed by atoms with Crippen LogP contribution in [0.1, 0.15) is 11.1 Å². The van der Waals surface area contributed by atoms with Gasteiger partial charge in [-0.25, -0.2) is 4.98 Å². The molecule has 3 aromatic carbocycles. The predicted octanol–water partition coefficient (Wildman–Crippen LogP) is 5.73. The molecule has 0 aliphatic rings. The highest BCUT2D eigenvalue weighted by molar-refractivity contribution is 7.99. The Bertz CT molecular complexity index is 1070. The fourth-order valence-corrected chi connectivity index (χ4v) is 3.31. The normalized spacial score (nSPS) is 11.1. The van der Waals surface area contributed by atoms with Crippen LogP contribution in [0.5, 0.6) is 0 Å². The van der Waals surface area contributed by atoms with Crippen molar-refractivity contribution in [2.75, 3.05) is 11.1 Å². The first-order valence-corrected chi connectivity index (χ1v) is 9.86. The van der Waals surface area contributed by atoms with Crippen LogP contribution in [0.3, 0.4) is 0 Å². The second-order valence-corrected chi connectivity index (χ2v) is 7.08. The van der Waals surface area contributed by atoms with Gasteiger partial charge in [-0.3, -0.25) is 4.79 Å². The number of para-hydroxylation sites is 2. The minimum Gasteiger partial charge on any atom is -0.431 e. The van der Waals surface area contributed by atoms with Crippen molar-refractivity contribution in [1.29, 1.82) is 0 Å². The lowest BCUT2D eigenvalue weighted by molar-refractivity contribution is -0.113. The molecule has 1 heterocycles. The van der Waals surface area contributed by atoms with Crippen LogP contribution in [0.2, 0.25) is 0 Å². The highest BCUT2D eigenvalue weighted by atomic mass is 32.2. The van der Waals surface area contributed by atoms with Crippen molar-refractivity contribution in [2.45, 2.75) is 5.22 Å². The molecule has 1 aromatic heterocycles. The second-order valence-electron chi connectivity index (χ2n) is 6.15. The molecule has 5 heteroatoms. The van der Waals surface area contributed by atoms with Gasteiger partial charge in [0.15, 0.2) is 5.58 Å². The highest BCUT2D eigenvalue weighted by Gasteiger charge is 2.09. The van der Waals surface area contributed by atoms with E-state index in [2.05, 4.69) is 28.5 Å². The minimum absolute atomic E-state index is 0.0974. The number of carbonyl (C=O) groups excluding carboxylic acids is 1. The van der Waals surface area contributed by atoms with Gasteiger partial charge in [0.25, 0.3) is 5.22 Å². The number of amides is 1. The monoisotopic (exact) mass is 386 g/mol. The molecule has 0 unspecified atom stereocenters. The molecule has 28 heavy (non-hydrogen) atoms. The summed E-state index contributed by atoms with van der Waals surface area (Å²) in [4.78, 5) is 16.5. The molecule has 0 radical (unpaired) electrons. The third-order valence-corrected chi connectivity index (χ3v) is 4.89. The van der Waals surface area contributed by atoms with Gasteiger partial charge < -0.3 is 9.73 Å². The minimum atomic E-state index is -0.0974. The zero-order valence-electron chi connectivity index (χ0n) is 15.0. The molecule has 1 N–H and O–H groups in total. The number of rotatable bonds is 6. The quantitative estimate of drug-likeness (QED) is 0.340. The Morgan fingerprint density at radius 1 is 0.893 bits per heavy atom. The predicted molar refractivity (Wildman–Crippen MR) is 115 cm³/mol. The average molecular weight is 386 g/mol. The largest absolute Gasteiger partial charge is 0.431 e. The van der Waals surface area contributed by atoms with Crippen molar-refractivity contribution >= 4 is 46.6 Å². The summed E-state index contributed by atoms with van der Waals surface area (Å²) < 4.78 is 5.61. The van der Waals surface area contributed by atoms with Gasteiger partial charge in [0.2, 0.25) is 5.91 Å². The summed E-state index contributed by atoms with van der Waals surface area (Å²) in [6.45, 7) is 0. The van der Waals surface area contributed by atoms with Crippen molar-refractivity contribution in [3.05, 3.63) is 90.0 Å². The van der Waals surface area contributed by atoms with Gasteiger partial charge in [0, 0.05) is 5.69 Å². The number of nitrogens with zero attached hydrogens (tertiary/aromatic N) is 1. The second kappa shape index (κ2) is 8.59. The molecule has 0 bridgehead atoms. The molecule has 138 valence electrons. The van der Waals surface area contributed by atoms with Crippen molar-refractivity contribution in [2.24, 2.45) is 0 Å². The van der Waals surface area contributed by atoms with E-state index in [1.807, 2.05) is 72.8 Å². The summed E-state index contributed by atoms with van der Waals surface area (Å²) >= 11 is 1.28. The van der Waals surface area contributed by atoms with Crippen LogP contribution in [-0.2, 0) is 4.79 Å². The standard InChI is InChI=1S/C23H18N2O2S/c26-22(16-28-23-25-20-8-4-5-9-21(20)27-23)24-19-14-12-18(13-15-19)11-10-17-6-2-1-3-7-17/h1-15H,16H2,(H,24,26). The van der Waals surface area contributed by atoms with Crippen LogP contribution < -0.4 is 5.32 Å². The number of benzene rings is 3. The van der Waals surface area contributed by atoms with E-state index in [0.717, 1.165) is 27.9 Å². The molecule has 0 aliphatic heterocycles. The first kappa shape index (κ1) is 18.1. The molecule has 4 aromatic rings. The molecular weight excluding hydrogens is 368 g/mol. The summed E-state index contributed by atoms with van der Waals surface area (Å²) in [5.41, 5.74) is 4.51. The first-order valence-electron chi connectivity index (χ1n) is 8.88. The summed E-state index contributed by atoms with van der Waals surface area (Å²) in [6, 6.07) is 25.4. The van der Waals surface area contributed by atoms with E-state index in [-0.39, 0.29) is 11.7 Å². The zero-order valence-corrected chi connectivity index (χ0v) is 15.9. The van der Waals surface area contributed by atoms with Crippen molar-refractivity contribution in [1.82, 2.24) is 4.98 Å². The SMILES string of the molecule is O=C(CSc1nc2ccccc2o1)Nc1ccc(C=Cc2ccccc2)cc1. The van der Waals surface area contributed by atoms with E-state index in [9.17, 15) is 4.79 Å². The van der Waals surface area contributed by atoms with E-state index in [1.165, 1.54) is 11.8 Å². The summed E-state index contributed by atoms with van der Waals surface area (Å²) in [5.74, 6) is 0.141. The van der Waals surface area contributed by atoms with Crippen LogP contribution in [0, 0.1) is 0 Å². The van der Waals surface area contributed by atoms with Gasteiger partial charge in [-0.2, -0.15) is 0 Å². The lowest BCUT2D eigenvalue weighted by Gasteiger charge is -2.04. The maximum absolute atomic E-state index is 12.2. The van der Waals surface area contributed by atoms with E-state index < -0.39 is 0 Å². The lowest BCUT2D eigenvalue weighted by Crippen LogP contribution is -2.13. The third-order valence-electron chi connectivity index (χ3n) is 4.06. The molecule has 0 fully saturated rings. The maximum atomic E-state index is 12.2. The van der Waals surface area contributed by atoms with Crippen molar-refractivity contribution < 1.29 is 9.21 Å². The Balaban J connectivity index is 1.31. The van der Waals surface area contributed by atoms with Crippen LogP contribution >= 0.6 is 11.8 Å². The van der Waals surface area contributed by atoms with Crippen LogP contribution in [0.15, 0.2) is 88.5 Å². The van der Waals surface area contributed by atoms with Gasteiger partial charge in [0.1, 0.15) is 5.52 Å². The number of aromatic nitrogens is 1. The number of anilines is 1. The van der Waals surface area contributed by atoms with Gasteiger partial charge in [0.05, 0.1) is 5.75 Å². The molecule has 0 atom stereocenters. The van der Waals surface area contributed by atoms with Crippen molar-refractivity contribution in [3.8, 4) is 0 Å². The number of oxazole rings is 1. The van der Waals surface area contributed by atoms with Crippen LogP contribution in [0.4, 0.5) is 5.69 Å². The van der Waals surface area contributed by atoms with Crippen LogP contribution in [-0.4, -0.2) is 16.6 Å². The van der Waals surface area contributed by atoms with E-state index >= 15 is 0 Å². The smallest absolute Gasteiger partial charge is 0.257 e. The van der Waals surface area contributed by atoms with Crippen LogP contribution in [0.25, 0.3) is 23.3 Å². The topological polar surface area (TPSA) is 55.1 Å². The Labute approximate surface area is 167 Å².